The first kappa shape index (κ1) is 11.7. The Bertz CT molecular complexity index is 564. The molecule has 0 saturated carbocycles. The smallest absolute Gasteiger partial charge is 0.308 e. The van der Waals surface area contributed by atoms with Crippen molar-refractivity contribution in [3.63, 3.8) is 0 Å². The monoisotopic (exact) mass is 253 g/mol. The normalized spacial score (nSPS) is 10.3. The number of hydrogen-bond acceptors (Lipinski definition) is 6. The standard InChI is InChI=1S/C11H11NO4S/c1-6(13)16-8-5-4-7(14-2)9-10(8)17-11(12-9)15-3/h4-5H,1-3H3. The van der Waals surface area contributed by atoms with Gasteiger partial charge in [-0.1, -0.05) is 11.3 Å². The van der Waals surface area contributed by atoms with Gasteiger partial charge in [0.2, 0.25) is 0 Å². The van der Waals surface area contributed by atoms with E-state index in [1.54, 1.807) is 19.2 Å². The van der Waals surface area contributed by atoms with Gasteiger partial charge >= 0.3 is 5.97 Å². The van der Waals surface area contributed by atoms with Crippen LogP contribution in [0.25, 0.3) is 10.2 Å². The van der Waals surface area contributed by atoms with Crippen molar-refractivity contribution in [1.82, 2.24) is 4.98 Å². The Morgan fingerprint density at radius 3 is 2.53 bits per heavy atom. The summed E-state index contributed by atoms with van der Waals surface area (Å²) in [6.45, 7) is 1.36. The minimum absolute atomic E-state index is 0.371. The summed E-state index contributed by atoms with van der Waals surface area (Å²) in [5.74, 6) is 0.716. The predicted octanol–water partition coefficient (Wildman–Crippen LogP) is 2.24. The van der Waals surface area contributed by atoms with Gasteiger partial charge in [0.1, 0.15) is 16.0 Å². The fourth-order valence-electron chi connectivity index (χ4n) is 1.43. The molecule has 0 bridgehead atoms. The molecule has 0 N–H and O–H groups in total. The molecule has 6 heteroatoms. The molecule has 0 unspecified atom stereocenters. The van der Waals surface area contributed by atoms with E-state index in [0.717, 1.165) is 4.70 Å². The van der Waals surface area contributed by atoms with Crippen molar-refractivity contribution in [2.45, 2.75) is 6.92 Å². The van der Waals surface area contributed by atoms with E-state index in [1.165, 1.54) is 25.4 Å². The molecule has 0 fully saturated rings. The van der Waals surface area contributed by atoms with E-state index in [2.05, 4.69) is 4.98 Å². The molecule has 0 radical (unpaired) electrons. The first-order valence-electron chi connectivity index (χ1n) is 4.85. The molecule has 2 rings (SSSR count). The first-order chi connectivity index (χ1) is 8.15. The third-order valence-corrected chi connectivity index (χ3v) is 3.13. The van der Waals surface area contributed by atoms with Gasteiger partial charge in [-0.05, 0) is 12.1 Å². The molecule has 1 aromatic heterocycles. The Morgan fingerprint density at radius 1 is 1.24 bits per heavy atom. The molecule has 1 heterocycles. The van der Waals surface area contributed by atoms with Crippen LogP contribution in [0, 0.1) is 0 Å². The van der Waals surface area contributed by atoms with Crippen molar-refractivity contribution in [2.75, 3.05) is 14.2 Å². The summed E-state index contributed by atoms with van der Waals surface area (Å²) in [6, 6.07) is 3.39. The van der Waals surface area contributed by atoms with Gasteiger partial charge in [-0.25, -0.2) is 0 Å². The average Bonchev–Trinajstić information content (AvgIpc) is 2.73. The second-order valence-corrected chi connectivity index (χ2v) is 4.18. The molecular formula is C11H11NO4S. The third kappa shape index (κ3) is 2.16. The fraction of sp³-hybridized carbons (Fsp3) is 0.273. The zero-order valence-corrected chi connectivity index (χ0v) is 10.5. The number of benzene rings is 1. The van der Waals surface area contributed by atoms with Crippen molar-refractivity contribution in [1.29, 1.82) is 0 Å². The topological polar surface area (TPSA) is 57.6 Å². The van der Waals surface area contributed by atoms with E-state index < -0.39 is 0 Å². The molecule has 90 valence electrons. The molecule has 0 saturated heterocycles. The summed E-state index contributed by atoms with van der Waals surface area (Å²) in [5.41, 5.74) is 0.633. The van der Waals surface area contributed by atoms with Crippen LogP contribution in [-0.4, -0.2) is 25.2 Å². The second-order valence-electron chi connectivity index (χ2n) is 3.22. The molecule has 0 aliphatic rings. The van der Waals surface area contributed by atoms with E-state index in [1.807, 2.05) is 0 Å². The molecule has 0 aliphatic heterocycles. The Hall–Kier alpha value is -1.82. The van der Waals surface area contributed by atoms with Gasteiger partial charge in [0.15, 0.2) is 5.75 Å². The van der Waals surface area contributed by atoms with Crippen LogP contribution in [0.15, 0.2) is 12.1 Å². The van der Waals surface area contributed by atoms with Crippen molar-refractivity contribution in [3.05, 3.63) is 12.1 Å². The van der Waals surface area contributed by atoms with Crippen LogP contribution in [-0.2, 0) is 4.79 Å². The maximum atomic E-state index is 11.0. The number of ether oxygens (including phenoxy) is 3. The van der Waals surface area contributed by atoms with Gasteiger partial charge in [-0.15, -0.1) is 0 Å². The maximum absolute atomic E-state index is 11.0. The van der Waals surface area contributed by atoms with E-state index in [9.17, 15) is 4.79 Å². The molecule has 17 heavy (non-hydrogen) atoms. The van der Waals surface area contributed by atoms with Gasteiger partial charge in [0, 0.05) is 6.92 Å². The Balaban J connectivity index is 2.62. The highest BCUT2D eigenvalue weighted by molar-refractivity contribution is 7.20. The van der Waals surface area contributed by atoms with Crippen LogP contribution in [0.5, 0.6) is 16.7 Å². The lowest BCUT2D eigenvalue weighted by Gasteiger charge is -2.04. The Labute approximate surface area is 102 Å². The first-order valence-corrected chi connectivity index (χ1v) is 5.67. The number of carbonyl (C=O) groups excluding carboxylic acids is 1. The van der Waals surface area contributed by atoms with E-state index in [-0.39, 0.29) is 5.97 Å². The second kappa shape index (κ2) is 4.58. The molecule has 0 spiro atoms. The summed E-state index contributed by atoms with van der Waals surface area (Å²) in [5, 5.41) is 0.498. The Morgan fingerprint density at radius 2 is 1.94 bits per heavy atom. The number of fused-ring (bicyclic) bond motifs is 1. The molecule has 1 aromatic carbocycles. The SMILES string of the molecule is COc1nc2c(OC)ccc(OC(C)=O)c2s1. The minimum atomic E-state index is -0.371. The number of carbonyl (C=O) groups is 1. The van der Waals surface area contributed by atoms with Crippen molar-refractivity contribution in [3.8, 4) is 16.7 Å². The van der Waals surface area contributed by atoms with Gasteiger partial charge in [0.05, 0.1) is 14.2 Å². The molecule has 0 amide bonds. The third-order valence-electron chi connectivity index (χ3n) is 2.10. The number of thiazole rings is 1. The minimum Gasteiger partial charge on any atom is -0.494 e. The maximum Gasteiger partial charge on any atom is 0.308 e. The van der Waals surface area contributed by atoms with Gasteiger partial charge in [-0.2, -0.15) is 4.98 Å². The van der Waals surface area contributed by atoms with Crippen molar-refractivity contribution < 1.29 is 19.0 Å². The lowest BCUT2D eigenvalue weighted by Crippen LogP contribution is -2.01. The molecule has 5 nitrogen and oxygen atoms in total. The van der Waals surface area contributed by atoms with E-state index in [4.69, 9.17) is 14.2 Å². The molecular weight excluding hydrogens is 242 g/mol. The van der Waals surface area contributed by atoms with Crippen molar-refractivity contribution >= 4 is 27.5 Å². The zero-order valence-electron chi connectivity index (χ0n) is 9.64. The number of rotatable bonds is 3. The van der Waals surface area contributed by atoms with Crippen LogP contribution in [0.4, 0.5) is 0 Å². The quantitative estimate of drug-likeness (QED) is 0.620. The highest BCUT2D eigenvalue weighted by Crippen LogP contribution is 2.39. The van der Waals surface area contributed by atoms with Gasteiger partial charge in [0.25, 0.3) is 5.19 Å². The highest BCUT2D eigenvalue weighted by Gasteiger charge is 2.15. The van der Waals surface area contributed by atoms with Gasteiger partial charge < -0.3 is 14.2 Å². The summed E-state index contributed by atoms with van der Waals surface area (Å²) < 4.78 is 16.1. The zero-order chi connectivity index (χ0) is 12.4. The van der Waals surface area contributed by atoms with Crippen LogP contribution in [0.3, 0.4) is 0 Å². The lowest BCUT2D eigenvalue weighted by atomic mass is 10.3. The fourth-order valence-corrected chi connectivity index (χ4v) is 2.28. The average molecular weight is 253 g/mol. The van der Waals surface area contributed by atoms with Gasteiger partial charge in [-0.3, -0.25) is 4.79 Å². The largest absolute Gasteiger partial charge is 0.494 e. The number of aromatic nitrogens is 1. The Kier molecular flexibility index (Phi) is 3.14. The number of esters is 1. The predicted molar refractivity (Wildman–Crippen MR) is 64.0 cm³/mol. The van der Waals surface area contributed by atoms with Crippen LogP contribution < -0.4 is 14.2 Å². The number of methoxy groups -OCH3 is 2. The molecule has 0 atom stereocenters. The number of hydrogen-bond donors (Lipinski definition) is 0. The van der Waals surface area contributed by atoms with Crippen molar-refractivity contribution in [2.24, 2.45) is 0 Å². The van der Waals surface area contributed by atoms with E-state index >= 15 is 0 Å². The number of nitrogens with zero attached hydrogens (tertiary/aromatic N) is 1. The summed E-state index contributed by atoms with van der Waals surface area (Å²) in [6.07, 6.45) is 0. The summed E-state index contributed by atoms with van der Waals surface area (Å²) in [4.78, 5) is 15.2. The highest BCUT2D eigenvalue weighted by atomic mass is 32.1. The summed E-state index contributed by atoms with van der Waals surface area (Å²) in [7, 11) is 3.10. The van der Waals surface area contributed by atoms with Crippen LogP contribution in [0.2, 0.25) is 0 Å². The van der Waals surface area contributed by atoms with Crippen LogP contribution in [0.1, 0.15) is 6.92 Å². The molecule has 2 aromatic rings. The lowest BCUT2D eigenvalue weighted by molar-refractivity contribution is -0.131. The van der Waals surface area contributed by atoms with E-state index in [0.29, 0.717) is 22.2 Å². The summed E-state index contributed by atoms with van der Waals surface area (Å²) >= 11 is 1.30. The molecule has 0 aliphatic carbocycles. The van der Waals surface area contributed by atoms with Crippen LogP contribution >= 0.6 is 11.3 Å².